The second-order valence-electron chi connectivity index (χ2n) is 5.18. The van der Waals surface area contributed by atoms with Gasteiger partial charge in [0, 0.05) is 12.2 Å². The van der Waals surface area contributed by atoms with Crippen LogP contribution in [0.1, 0.15) is 18.5 Å². The van der Waals surface area contributed by atoms with Crippen LogP contribution in [0.4, 0.5) is 5.69 Å². The summed E-state index contributed by atoms with van der Waals surface area (Å²) in [4.78, 5) is 2.46. The van der Waals surface area contributed by atoms with E-state index < -0.39 is 0 Å². The van der Waals surface area contributed by atoms with Crippen LogP contribution >= 0.6 is 0 Å². The van der Waals surface area contributed by atoms with Gasteiger partial charge >= 0.3 is 0 Å². The zero-order chi connectivity index (χ0) is 13.2. The number of ether oxygens (including phenoxy) is 1. The Balaban J connectivity index is 1.85. The largest absolute Gasteiger partial charge is 0.497 e. The summed E-state index contributed by atoms with van der Waals surface area (Å²) in [6, 6.07) is 19.6. The molecular formula is C17H19NO. The van der Waals surface area contributed by atoms with E-state index in [1.807, 2.05) is 12.1 Å². The molecular weight excluding hydrogens is 234 g/mol. The molecule has 1 saturated heterocycles. The Morgan fingerprint density at radius 1 is 1.00 bits per heavy atom. The van der Waals surface area contributed by atoms with Gasteiger partial charge in [0.2, 0.25) is 0 Å². The quantitative estimate of drug-likeness (QED) is 0.822. The fourth-order valence-electron chi connectivity index (χ4n) is 2.89. The van der Waals surface area contributed by atoms with Gasteiger partial charge in [-0.3, -0.25) is 0 Å². The predicted molar refractivity (Wildman–Crippen MR) is 78.7 cm³/mol. The van der Waals surface area contributed by atoms with Crippen LogP contribution in [0.25, 0.3) is 0 Å². The van der Waals surface area contributed by atoms with Crippen molar-refractivity contribution in [2.75, 3.05) is 18.6 Å². The first-order chi connectivity index (χ1) is 9.29. The molecule has 19 heavy (non-hydrogen) atoms. The fourth-order valence-corrected chi connectivity index (χ4v) is 2.89. The summed E-state index contributed by atoms with van der Waals surface area (Å²) in [5, 5.41) is 0. The molecule has 0 bridgehead atoms. The molecule has 0 aromatic heterocycles. The molecule has 2 heteroatoms. The Kier molecular flexibility index (Phi) is 3.16. The fraction of sp³-hybridized carbons (Fsp3) is 0.294. The minimum Gasteiger partial charge on any atom is -0.497 e. The lowest BCUT2D eigenvalue weighted by atomic mass is 9.84. The standard InChI is InChI=1S/C17H19NO/c1-13-12-18(15-6-4-3-5-7-15)17(13)14-8-10-16(19-2)11-9-14/h3-11,13,17H,12H2,1-2H3/t13?,17-/m0/s1. The molecule has 1 aliphatic heterocycles. The number of para-hydroxylation sites is 1. The molecule has 98 valence electrons. The highest BCUT2D eigenvalue weighted by Gasteiger charge is 2.36. The van der Waals surface area contributed by atoms with Gasteiger partial charge in [-0.05, 0) is 35.7 Å². The van der Waals surface area contributed by atoms with Crippen LogP contribution in [-0.4, -0.2) is 13.7 Å². The molecule has 2 aromatic carbocycles. The molecule has 2 atom stereocenters. The first kappa shape index (κ1) is 12.1. The minimum absolute atomic E-state index is 0.480. The molecule has 3 rings (SSSR count). The van der Waals surface area contributed by atoms with Crippen LogP contribution in [0.3, 0.4) is 0 Å². The minimum atomic E-state index is 0.480. The molecule has 0 saturated carbocycles. The molecule has 2 nitrogen and oxygen atoms in total. The summed E-state index contributed by atoms with van der Waals surface area (Å²) in [5.41, 5.74) is 2.67. The number of nitrogens with zero attached hydrogens (tertiary/aromatic N) is 1. The van der Waals surface area contributed by atoms with E-state index in [1.165, 1.54) is 11.3 Å². The molecule has 0 radical (unpaired) electrons. The highest BCUT2D eigenvalue weighted by Crippen LogP contribution is 2.42. The number of hydrogen-bond acceptors (Lipinski definition) is 2. The van der Waals surface area contributed by atoms with Crippen LogP contribution < -0.4 is 9.64 Å². The Morgan fingerprint density at radius 2 is 1.68 bits per heavy atom. The smallest absolute Gasteiger partial charge is 0.118 e. The molecule has 2 aromatic rings. The lowest BCUT2D eigenvalue weighted by molar-refractivity contribution is 0.324. The molecule has 1 heterocycles. The van der Waals surface area contributed by atoms with Crippen molar-refractivity contribution in [1.82, 2.24) is 0 Å². The van der Waals surface area contributed by atoms with E-state index in [9.17, 15) is 0 Å². The average Bonchev–Trinajstić information content (AvgIpc) is 2.46. The zero-order valence-electron chi connectivity index (χ0n) is 11.4. The lowest BCUT2D eigenvalue weighted by Crippen LogP contribution is -2.48. The number of methoxy groups -OCH3 is 1. The molecule has 1 fully saturated rings. The van der Waals surface area contributed by atoms with Crippen LogP contribution in [-0.2, 0) is 0 Å². The van der Waals surface area contributed by atoms with Gasteiger partial charge in [0.25, 0.3) is 0 Å². The molecule has 0 spiro atoms. The van der Waals surface area contributed by atoms with Crippen LogP contribution in [0, 0.1) is 5.92 Å². The van der Waals surface area contributed by atoms with Crippen molar-refractivity contribution in [3.05, 3.63) is 60.2 Å². The van der Waals surface area contributed by atoms with Crippen molar-refractivity contribution < 1.29 is 4.74 Å². The second-order valence-corrected chi connectivity index (χ2v) is 5.18. The predicted octanol–water partition coefficient (Wildman–Crippen LogP) is 3.89. The van der Waals surface area contributed by atoms with E-state index in [0.717, 1.165) is 12.3 Å². The van der Waals surface area contributed by atoms with Gasteiger partial charge in [-0.2, -0.15) is 0 Å². The SMILES string of the molecule is COc1ccc([C@@H]2C(C)CN2c2ccccc2)cc1. The Labute approximate surface area is 114 Å². The summed E-state index contributed by atoms with van der Waals surface area (Å²) < 4.78 is 5.23. The maximum absolute atomic E-state index is 5.23. The van der Waals surface area contributed by atoms with Crippen molar-refractivity contribution in [1.29, 1.82) is 0 Å². The highest BCUT2D eigenvalue weighted by atomic mass is 16.5. The van der Waals surface area contributed by atoms with E-state index in [4.69, 9.17) is 4.74 Å². The number of benzene rings is 2. The summed E-state index contributed by atoms with van der Waals surface area (Å²) in [6.07, 6.45) is 0. The van der Waals surface area contributed by atoms with E-state index in [-0.39, 0.29) is 0 Å². The van der Waals surface area contributed by atoms with Crippen molar-refractivity contribution >= 4 is 5.69 Å². The summed E-state index contributed by atoms with van der Waals surface area (Å²) in [5.74, 6) is 1.61. The normalized spacial score (nSPS) is 21.9. The van der Waals surface area contributed by atoms with Gasteiger partial charge in [-0.15, -0.1) is 0 Å². The lowest BCUT2D eigenvalue weighted by Gasteiger charge is -2.48. The van der Waals surface area contributed by atoms with Crippen LogP contribution in [0.15, 0.2) is 54.6 Å². The Morgan fingerprint density at radius 3 is 2.26 bits per heavy atom. The van der Waals surface area contributed by atoms with Gasteiger partial charge in [-0.25, -0.2) is 0 Å². The van der Waals surface area contributed by atoms with E-state index in [0.29, 0.717) is 12.0 Å². The number of hydrogen-bond donors (Lipinski definition) is 0. The van der Waals surface area contributed by atoms with Gasteiger partial charge in [0.15, 0.2) is 0 Å². The van der Waals surface area contributed by atoms with Crippen LogP contribution in [0.2, 0.25) is 0 Å². The molecule has 1 unspecified atom stereocenters. The topological polar surface area (TPSA) is 12.5 Å². The first-order valence-electron chi connectivity index (χ1n) is 6.75. The third kappa shape index (κ3) is 2.19. The molecule has 0 N–H and O–H groups in total. The van der Waals surface area contributed by atoms with Gasteiger partial charge < -0.3 is 9.64 Å². The Hall–Kier alpha value is -1.96. The van der Waals surface area contributed by atoms with Crippen molar-refractivity contribution in [3.63, 3.8) is 0 Å². The number of anilines is 1. The molecule has 0 amide bonds. The molecule has 0 aliphatic carbocycles. The van der Waals surface area contributed by atoms with E-state index in [2.05, 4.69) is 54.3 Å². The van der Waals surface area contributed by atoms with E-state index >= 15 is 0 Å². The Bertz CT molecular complexity index is 535. The van der Waals surface area contributed by atoms with Gasteiger partial charge in [-0.1, -0.05) is 37.3 Å². The van der Waals surface area contributed by atoms with Gasteiger partial charge in [0.1, 0.15) is 5.75 Å². The van der Waals surface area contributed by atoms with Crippen molar-refractivity contribution in [3.8, 4) is 5.75 Å². The average molecular weight is 253 g/mol. The second kappa shape index (κ2) is 4.96. The number of rotatable bonds is 3. The van der Waals surface area contributed by atoms with Crippen molar-refractivity contribution in [2.45, 2.75) is 13.0 Å². The summed E-state index contributed by atoms with van der Waals surface area (Å²) >= 11 is 0. The van der Waals surface area contributed by atoms with Crippen molar-refractivity contribution in [2.24, 2.45) is 5.92 Å². The monoisotopic (exact) mass is 253 g/mol. The highest BCUT2D eigenvalue weighted by molar-refractivity contribution is 5.52. The summed E-state index contributed by atoms with van der Waals surface area (Å²) in [6.45, 7) is 3.44. The maximum atomic E-state index is 5.23. The third-order valence-corrected chi connectivity index (χ3v) is 3.90. The van der Waals surface area contributed by atoms with Gasteiger partial charge in [0.05, 0.1) is 13.2 Å². The van der Waals surface area contributed by atoms with E-state index in [1.54, 1.807) is 7.11 Å². The maximum Gasteiger partial charge on any atom is 0.118 e. The third-order valence-electron chi connectivity index (χ3n) is 3.90. The van der Waals surface area contributed by atoms with Crippen LogP contribution in [0.5, 0.6) is 5.75 Å². The first-order valence-corrected chi connectivity index (χ1v) is 6.75. The summed E-state index contributed by atoms with van der Waals surface area (Å²) in [7, 11) is 1.71. The zero-order valence-corrected chi connectivity index (χ0v) is 11.4. The molecule has 1 aliphatic rings.